The van der Waals surface area contributed by atoms with E-state index in [0.29, 0.717) is 10.8 Å². The Morgan fingerprint density at radius 1 is 1.20 bits per heavy atom. The van der Waals surface area contributed by atoms with Gasteiger partial charge in [0.15, 0.2) is 9.84 Å². The minimum atomic E-state index is -3.15. The number of sulfone groups is 1. The molecule has 1 aromatic rings. The van der Waals surface area contributed by atoms with Crippen LogP contribution in [0.3, 0.4) is 0 Å². The molecular formula is C15H19NO2S2. The lowest BCUT2D eigenvalue weighted by Crippen LogP contribution is -2.18. The van der Waals surface area contributed by atoms with Crippen LogP contribution in [0.2, 0.25) is 0 Å². The second-order valence-electron chi connectivity index (χ2n) is 5.31. The molecule has 0 spiro atoms. The van der Waals surface area contributed by atoms with Crippen LogP contribution in [-0.4, -0.2) is 19.9 Å². The second-order valence-corrected chi connectivity index (χ2v) is 8.54. The fraction of sp³-hybridized carbons (Fsp3) is 0.533. The van der Waals surface area contributed by atoms with E-state index in [1.807, 2.05) is 0 Å². The van der Waals surface area contributed by atoms with Crippen molar-refractivity contribution < 1.29 is 8.42 Å². The Morgan fingerprint density at radius 3 is 2.30 bits per heavy atom. The third kappa shape index (κ3) is 4.00. The summed E-state index contributed by atoms with van der Waals surface area (Å²) in [7, 11) is -3.15. The first kappa shape index (κ1) is 15.4. The van der Waals surface area contributed by atoms with Crippen LogP contribution < -0.4 is 0 Å². The number of rotatable bonds is 4. The first-order chi connectivity index (χ1) is 9.50. The Morgan fingerprint density at radius 2 is 1.80 bits per heavy atom. The highest BCUT2D eigenvalue weighted by atomic mass is 32.2. The molecule has 0 N–H and O–H groups in total. The highest BCUT2D eigenvalue weighted by Crippen LogP contribution is 2.36. The first-order valence-electron chi connectivity index (χ1n) is 6.87. The molecule has 108 valence electrons. The van der Waals surface area contributed by atoms with Crippen LogP contribution >= 0.6 is 11.8 Å². The lowest BCUT2D eigenvalue weighted by Gasteiger charge is -2.25. The summed E-state index contributed by atoms with van der Waals surface area (Å²) in [5, 5.41) is 9.33. The van der Waals surface area contributed by atoms with Crippen LogP contribution in [0, 0.1) is 17.2 Å². The largest absolute Gasteiger partial charge is 0.224 e. The third-order valence-electron chi connectivity index (χ3n) is 3.72. The third-order valence-corrected chi connectivity index (χ3v) is 6.14. The van der Waals surface area contributed by atoms with Gasteiger partial charge in [-0.2, -0.15) is 5.26 Å². The fourth-order valence-electron chi connectivity index (χ4n) is 2.58. The van der Waals surface area contributed by atoms with Gasteiger partial charge in [-0.1, -0.05) is 19.3 Å². The summed E-state index contributed by atoms with van der Waals surface area (Å²) in [6, 6.07) is 9.25. The fourth-order valence-corrected chi connectivity index (χ4v) is 4.31. The Bertz CT molecular complexity index is 581. The molecule has 1 saturated carbocycles. The van der Waals surface area contributed by atoms with E-state index < -0.39 is 9.84 Å². The van der Waals surface area contributed by atoms with Crippen molar-refractivity contribution in [1.29, 1.82) is 5.26 Å². The van der Waals surface area contributed by atoms with Gasteiger partial charge in [0, 0.05) is 11.2 Å². The topological polar surface area (TPSA) is 57.9 Å². The quantitative estimate of drug-likeness (QED) is 0.797. The number of benzene rings is 1. The van der Waals surface area contributed by atoms with Gasteiger partial charge in [-0.15, -0.1) is 11.8 Å². The predicted molar refractivity (Wildman–Crippen MR) is 81.4 cm³/mol. The molecule has 0 saturated heterocycles. The maximum atomic E-state index is 11.4. The van der Waals surface area contributed by atoms with Crippen LogP contribution in [0.4, 0.5) is 0 Å². The average Bonchev–Trinajstić information content (AvgIpc) is 2.45. The van der Waals surface area contributed by atoms with Gasteiger partial charge < -0.3 is 0 Å². The molecular weight excluding hydrogens is 290 g/mol. The van der Waals surface area contributed by atoms with E-state index in [0.717, 1.165) is 17.7 Å². The van der Waals surface area contributed by atoms with E-state index in [9.17, 15) is 13.7 Å². The summed E-state index contributed by atoms with van der Waals surface area (Å²) >= 11 is 1.56. The van der Waals surface area contributed by atoms with Crippen LogP contribution in [0.5, 0.6) is 0 Å². The van der Waals surface area contributed by atoms with Gasteiger partial charge in [-0.25, -0.2) is 8.42 Å². The summed E-state index contributed by atoms with van der Waals surface area (Å²) in [6.45, 7) is 0. The van der Waals surface area contributed by atoms with Crippen molar-refractivity contribution in [1.82, 2.24) is 0 Å². The van der Waals surface area contributed by atoms with Crippen molar-refractivity contribution in [2.75, 3.05) is 6.26 Å². The number of nitrogens with zero attached hydrogens (tertiary/aromatic N) is 1. The summed E-state index contributed by atoms with van der Waals surface area (Å²) in [4.78, 5) is 1.29. The van der Waals surface area contributed by atoms with E-state index in [4.69, 9.17) is 0 Å². The highest BCUT2D eigenvalue weighted by molar-refractivity contribution is 8.00. The summed E-state index contributed by atoms with van der Waals surface area (Å²) in [5.74, 6) is 0.466. The van der Waals surface area contributed by atoms with Crippen LogP contribution in [0.15, 0.2) is 34.1 Å². The normalized spacial score (nSPS) is 18.4. The number of thioether (sulfide) groups is 1. The Labute approximate surface area is 125 Å². The molecule has 3 nitrogen and oxygen atoms in total. The van der Waals surface area contributed by atoms with Crippen molar-refractivity contribution >= 4 is 21.6 Å². The second kappa shape index (κ2) is 6.64. The zero-order valence-electron chi connectivity index (χ0n) is 11.6. The Kier molecular flexibility index (Phi) is 5.11. The molecule has 0 aliphatic heterocycles. The molecule has 20 heavy (non-hydrogen) atoms. The van der Waals surface area contributed by atoms with Crippen LogP contribution in [0.25, 0.3) is 0 Å². The zero-order chi connectivity index (χ0) is 14.6. The van der Waals surface area contributed by atoms with Gasteiger partial charge in [0.2, 0.25) is 0 Å². The lowest BCUT2D eigenvalue weighted by molar-refractivity contribution is 0.370. The van der Waals surface area contributed by atoms with Gasteiger partial charge in [-0.05, 0) is 43.0 Å². The van der Waals surface area contributed by atoms with Gasteiger partial charge in [0.05, 0.1) is 16.2 Å². The molecule has 0 heterocycles. The van der Waals surface area contributed by atoms with Crippen LogP contribution in [0.1, 0.15) is 32.1 Å². The van der Waals surface area contributed by atoms with Gasteiger partial charge in [0.1, 0.15) is 0 Å². The molecule has 0 aromatic heterocycles. The molecule has 0 bridgehead atoms. The van der Waals surface area contributed by atoms with Gasteiger partial charge in [-0.3, -0.25) is 0 Å². The Balaban J connectivity index is 2.06. The minimum absolute atomic E-state index is 0.0283. The maximum absolute atomic E-state index is 11.4. The van der Waals surface area contributed by atoms with Crippen molar-refractivity contribution in [3.8, 4) is 6.07 Å². The zero-order valence-corrected chi connectivity index (χ0v) is 13.2. The molecule has 1 aliphatic rings. The van der Waals surface area contributed by atoms with Crippen molar-refractivity contribution in [3.63, 3.8) is 0 Å². The van der Waals surface area contributed by atoms with Crippen molar-refractivity contribution in [2.45, 2.75) is 47.1 Å². The molecule has 5 heteroatoms. The Hall–Kier alpha value is -0.990. The maximum Gasteiger partial charge on any atom is 0.175 e. The summed E-state index contributed by atoms with van der Waals surface area (Å²) < 4.78 is 22.8. The molecule has 1 aromatic carbocycles. The van der Waals surface area contributed by atoms with Crippen LogP contribution in [-0.2, 0) is 9.84 Å². The summed E-state index contributed by atoms with van der Waals surface area (Å²) in [5.41, 5.74) is 0. The first-order valence-corrected chi connectivity index (χ1v) is 9.64. The van der Waals surface area contributed by atoms with Gasteiger partial charge >= 0.3 is 0 Å². The molecule has 1 aliphatic carbocycles. The SMILES string of the molecule is CS(=O)(=O)c1ccc(SC(C#N)C2CCCCC2)cc1. The summed E-state index contributed by atoms with van der Waals surface area (Å²) in [6.07, 6.45) is 7.18. The molecule has 2 rings (SSSR count). The predicted octanol–water partition coefficient (Wildman–Crippen LogP) is 3.65. The molecule has 1 atom stereocenters. The standard InChI is InChI=1S/C15H19NO2S2/c1-20(17,18)14-9-7-13(8-10-14)19-15(11-16)12-5-3-2-4-6-12/h7-10,12,15H,2-6H2,1H3. The van der Waals surface area contributed by atoms with Crippen molar-refractivity contribution in [3.05, 3.63) is 24.3 Å². The average molecular weight is 309 g/mol. The molecule has 1 fully saturated rings. The monoisotopic (exact) mass is 309 g/mol. The molecule has 1 unspecified atom stereocenters. The van der Waals surface area contributed by atoms with E-state index in [1.165, 1.54) is 25.5 Å². The molecule has 0 amide bonds. The van der Waals surface area contributed by atoms with Crippen molar-refractivity contribution in [2.24, 2.45) is 5.92 Å². The number of hydrogen-bond acceptors (Lipinski definition) is 4. The van der Waals surface area contributed by atoms with E-state index in [-0.39, 0.29) is 5.25 Å². The number of hydrogen-bond donors (Lipinski definition) is 0. The van der Waals surface area contributed by atoms with E-state index in [2.05, 4.69) is 6.07 Å². The minimum Gasteiger partial charge on any atom is -0.224 e. The smallest absolute Gasteiger partial charge is 0.175 e. The number of nitriles is 1. The van der Waals surface area contributed by atoms with E-state index >= 15 is 0 Å². The lowest BCUT2D eigenvalue weighted by atomic mass is 9.87. The molecule has 0 radical (unpaired) electrons. The van der Waals surface area contributed by atoms with E-state index in [1.54, 1.807) is 36.0 Å². The van der Waals surface area contributed by atoms with Gasteiger partial charge in [0.25, 0.3) is 0 Å². The highest BCUT2D eigenvalue weighted by Gasteiger charge is 2.24.